The first-order chi connectivity index (χ1) is 12.1. The molecule has 1 amide bonds. The fourth-order valence-electron chi connectivity index (χ4n) is 2.53. The number of rotatable bonds is 5. The molecule has 0 aliphatic rings. The van der Waals surface area contributed by atoms with E-state index < -0.39 is 0 Å². The summed E-state index contributed by atoms with van der Waals surface area (Å²) in [4.78, 5) is 25.6. The maximum absolute atomic E-state index is 12.2. The van der Waals surface area contributed by atoms with Crippen LogP contribution in [0, 0.1) is 0 Å². The zero-order valence-electron chi connectivity index (χ0n) is 14.0. The zero-order valence-corrected chi connectivity index (χ0v) is 14.8. The highest BCUT2D eigenvalue weighted by Crippen LogP contribution is 2.32. The molecule has 0 unspecified atom stereocenters. The Morgan fingerprint density at radius 2 is 1.88 bits per heavy atom. The van der Waals surface area contributed by atoms with Gasteiger partial charge in [0.1, 0.15) is 6.61 Å². The Hall–Kier alpha value is -2.57. The number of hydrogen-bond donors (Lipinski definition) is 1. The summed E-state index contributed by atoms with van der Waals surface area (Å²) in [5.41, 5.74) is 1.57. The van der Waals surface area contributed by atoms with E-state index in [9.17, 15) is 9.59 Å². The summed E-state index contributed by atoms with van der Waals surface area (Å²) in [5, 5.41) is 3.79. The number of para-hydroxylation sites is 1. The molecule has 1 aromatic heterocycles. The molecule has 0 bridgehead atoms. The lowest BCUT2D eigenvalue weighted by atomic mass is 10.2. The average molecular weight is 354 g/mol. The predicted octanol–water partition coefficient (Wildman–Crippen LogP) is 3.27. The Labute approximate surface area is 149 Å². The molecule has 1 N–H and O–H groups in total. The number of ether oxygens (including phenoxy) is 1. The van der Waals surface area contributed by atoms with Gasteiger partial charge in [0, 0.05) is 41.1 Å². The van der Waals surface area contributed by atoms with Gasteiger partial charge in [-0.3, -0.25) is 9.59 Å². The molecule has 2 aromatic carbocycles. The largest absolute Gasteiger partial charge is 0.375 e. The molecule has 5 nitrogen and oxygen atoms in total. The number of amides is 1. The molecule has 6 heteroatoms. The Bertz CT molecular complexity index is 965. The van der Waals surface area contributed by atoms with Crippen molar-refractivity contribution in [1.29, 1.82) is 0 Å². The van der Waals surface area contributed by atoms with Crippen LogP contribution < -0.4 is 10.9 Å². The molecule has 0 aliphatic carbocycles. The van der Waals surface area contributed by atoms with Gasteiger partial charge in [0.25, 0.3) is 5.56 Å². The van der Waals surface area contributed by atoms with E-state index in [4.69, 9.17) is 4.74 Å². The number of nitrogens with zero attached hydrogens (tertiary/aromatic N) is 1. The molecule has 0 radical (unpaired) electrons. The first-order valence-electron chi connectivity index (χ1n) is 7.74. The second kappa shape index (κ2) is 7.55. The third-order valence-corrected chi connectivity index (χ3v) is 4.82. The number of aryl methyl sites for hydroxylation is 1. The lowest BCUT2D eigenvalue weighted by molar-refractivity contribution is -0.119. The maximum atomic E-state index is 12.2. The van der Waals surface area contributed by atoms with Crippen molar-refractivity contribution in [3.63, 3.8) is 0 Å². The van der Waals surface area contributed by atoms with E-state index in [-0.39, 0.29) is 18.1 Å². The third-order valence-electron chi connectivity index (χ3n) is 3.76. The normalized spacial score (nSPS) is 10.8. The summed E-state index contributed by atoms with van der Waals surface area (Å²) in [6.45, 7) is 0.0236. The van der Waals surface area contributed by atoms with Gasteiger partial charge in [-0.25, -0.2) is 0 Å². The lowest BCUT2D eigenvalue weighted by Crippen LogP contribution is -2.16. The van der Waals surface area contributed by atoms with Gasteiger partial charge in [-0.2, -0.15) is 0 Å². The van der Waals surface area contributed by atoms with Gasteiger partial charge >= 0.3 is 0 Å². The second-order valence-electron chi connectivity index (χ2n) is 5.53. The molecule has 128 valence electrons. The van der Waals surface area contributed by atoms with Crippen molar-refractivity contribution in [3.8, 4) is 0 Å². The first kappa shape index (κ1) is 17.3. The standard InChI is InChI=1S/C19H18N2O3S/c1-21-16-6-4-3-5-15(16)17(11-19(21)23)25-14-9-7-13(8-10-14)20-18(22)12-24-2/h3-11H,12H2,1-2H3,(H,20,22). The number of carbonyl (C=O) groups excluding carboxylic acids is 1. The highest BCUT2D eigenvalue weighted by molar-refractivity contribution is 7.99. The monoisotopic (exact) mass is 354 g/mol. The van der Waals surface area contributed by atoms with Gasteiger partial charge in [0.05, 0.1) is 5.52 Å². The number of nitrogens with one attached hydrogen (secondary N) is 1. The quantitative estimate of drug-likeness (QED) is 0.764. The van der Waals surface area contributed by atoms with E-state index in [1.807, 2.05) is 48.5 Å². The minimum absolute atomic E-state index is 0.0236. The van der Waals surface area contributed by atoms with Crippen molar-refractivity contribution in [2.75, 3.05) is 19.0 Å². The van der Waals surface area contributed by atoms with Crippen molar-refractivity contribution >= 4 is 34.3 Å². The highest BCUT2D eigenvalue weighted by atomic mass is 32.2. The van der Waals surface area contributed by atoms with Gasteiger partial charge in [0.15, 0.2) is 0 Å². The molecule has 3 rings (SSSR count). The average Bonchev–Trinajstić information content (AvgIpc) is 2.61. The Morgan fingerprint density at radius 1 is 1.16 bits per heavy atom. The molecule has 0 saturated carbocycles. The minimum Gasteiger partial charge on any atom is -0.375 e. The second-order valence-corrected chi connectivity index (χ2v) is 6.65. The van der Waals surface area contributed by atoms with E-state index in [0.29, 0.717) is 5.69 Å². The molecular weight excluding hydrogens is 336 g/mol. The fraction of sp³-hybridized carbons (Fsp3) is 0.158. The summed E-state index contributed by atoms with van der Waals surface area (Å²) < 4.78 is 6.44. The van der Waals surface area contributed by atoms with Crippen LogP contribution in [0.15, 0.2) is 69.2 Å². The van der Waals surface area contributed by atoms with E-state index in [1.54, 1.807) is 17.7 Å². The van der Waals surface area contributed by atoms with Crippen LogP contribution in [0.25, 0.3) is 10.9 Å². The van der Waals surface area contributed by atoms with Crippen LogP contribution in [0.4, 0.5) is 5.69 Å². The van der Waals surface area contributed by atoms with Gasteiger partial charge < -0.3 is 14.6 Å². The third kappa shape index (κ3) is 3.92. The number of fused-ring (bicyclic) bond motifs is 1. The minimum atomic E-state index is -0.194. The molecule has 0 aliphatic heterocycles. The smallest absolute Gasteiger partial charge is 0.251 e. The molecule has 0 saturated heterocycles. The van der Waals surface area contributed by atoms with Crippen molar-refractivity contribution in [1.82, 2.24) is 4.57 Å². The fourth-order valence-corrected chi connectivity index (χ4v) is 3.49. The Kier molecular flexibility index (Phi) is 5.21. The maximum Gasteiger partial charge on any atom is 0.251 e. The summed E-state index contributed by atoms with van der Waals surface area (Å²) >= 11 is 1.53. The van der Waals surface area contributed by atoms with Crippen LogP contribution in [0.1, 0.15) is 0 Å². The summed E-state index contributed by atoms with van der Waals surface area (Å²) in [6, 6.07) is 17.0. The van der Waals surface area contributed by atoms with Crippen LogP contribution in [-0.4, -0.2) is 24.2 Å². The number of hydrogen-bond acceptors (Lipinski definition) is 4. The van der Waals surface area contributed by atoms with Crippen molar-refractivity contribution in [2.24, 2.45) is 7.05 Å². The Morgan fingerprint density at radius 3 is 2.60 bits per heavy atom. The summed E-state index contributed by atoms with van der Waals surface area (Å²) in [5.74, 6) is -0.194. The van der Waals surface area contributed by atoms with Crippen LogP contribution >= 0.6 is 11.8 Å². The molecule has 1 heterocycles. The molecule has 0 atom stereocenters. The summed E-state index contributed by atoms with van der Waals surface area (Å²) in [6.07, 6.45) is 0. The van der Waals surface area contributed by atoms with Gasteiger partial charge in [-0.1, -0.05) is 30.0 Å². The number of methoxy groups -OCH3 is 1. The predicted molar refractivity (Wildman–Crippen MR) is 100 cm³/mol. The van der Waals surface area contributed by atoms with Crippen molar-refractivity contribution in [2.45, 2.75) is 9.79 Å². The van der Waals surface area contributed by atoms with Gasteiger partial charge in [-0.15, -0.1) is 0 Å². The molecule has 25 heavy (non-hydrogen) atoms. The Balaban J connectivity index is 1.86. The van der Waals surface area contributed by atoms with Crippen LogP contribution in [0.3, 0.4) is 0 Å². The molecule has 0 fully saturated rings. The zero-order chi connectivity index (χ0) is 17.8. The van der Waals surface area contributed by atoms with Crippen molar-refractivity contribution < 1.29 is 9.53 Å². The number of anilines is 1. The van der Waals surface area contributed by atoms with Crippen LogP contribution in [0.5, 0.6) is 0 Å². The SMILES string of the molecule is COCC(=O)Nc1ccc(Sc2cc(=O)n(C)c3ccccc23)cc1. The molecule has 3 aromatic rings. The first-order valence-corrected chi connectivity index (χ1v) is 8.55. The van der Waals surface area contributed by atoms with E-state index in [1.165, 1.54) is 18.9 Å². The van der Waals surface area contributed by atoms with E-state index in [2.05, 4.69) is 5.32 Å². The topological polar surface area (TPSA) is 60.3 Å². The van der Waals surface area contributed by atoms with Gasteiger partial charge in [0.2, 0.25) is 5.91 Å². The number of pyridine rings is 1. The molecule has 0 spiro atoms. The lowest BCUT2D eigenvalue weighted by Gasteiger charge is -2.10. The molecular formula is C19H18N2O3S. The van der Waals surface area contributed by atoms with Crippen LogP contribution in [0.2, 0.25) is 0 Å². The van der Waals surface area contributed by atoms with E-state index >= 15 is 0 Å². The van der Waals surface area contributed by atoms with Gasteiger partial charge in [-0.05, 0) is 30.3 Å². The number of carbonyl (C=O) groups is 1. The number of aromatic nitrogens is 1. The van der Waals surface area contributed by atoms with Crippen molar-refractivity contribution in [3.05, 3.63) is 65.0 Å². The van der Waals surface area contributed by atoms with E-state index in [0.717, 1.165) is 20.7 Å². The summed E-state index contributed by atoms with van der Waals surface area (Å²) in [7, 11) is 3.25. The number of benzene rings is 2. The van der Waals surface area contributed by atoms with Crippen LogP contribution in [-0.2, 0) is 16.6 Å². The highest BCUT2D eigenvalue weighted by Gasteiger charge is 2.08.